The smallest absolute Gasteiger partial charge is 0.119 e. The summed E-state index contributed by atoms with van der Waals surface area (Å²) in [5.41, 5.74) is 1.28. The van der Waals surface area contributed by atoms with Gasteiger partial charge in [-0.3, -0.25) is 0 Å². The van der Waals surface area contributed by atoms with E-state index in [9.17, 15) is 0 Å². The minimum atomic E-state index is 0.576. The van der Waals surface area contributed by atoms with Gasteiger partial charge >= 0.3 is 0 Å². The molecule has 0 heterocycles. The lowest BCUT2D eigenvalue weighted by molar-refractivity contribution is 0.271. The number of hydrogen-bond acceptors (Lipinski definition) is 2. The summed E-state index contributed by atoms with van der Waals surface area (Å²) < 4.78 is 5.58. The maximum absolute atomic E-state index is 5.58. The standard InChI is InChI=1S/C12H19NO/c1-10(2)9-14-12-6-4-11(5-7-12)8-13-3/h4-7,10,13H,8-9H2,1-3H3. The van der Waals surface area contributed by atoms with Gasteiger partial charge in [0.1, 0.15) is 5.75 Å². The third kappa shape index (κ3) is 3.79. The van der Waals surface area contributed by atoms with Gasteiger partial charge in [0, 0.05) is 6.54 Å². The van der Waals surface area contributed by atoms with Crippen molar-refractivity contribution in [3.63, 3.8) is 0 Å². The van der Waals surface area contributed by atoms with Crippen LogP contribution in [0.25, 0.3) is 0 Å². The van der Waals surface area contributed by atoms with E-state index in [0.29, 0.717) is 5.92 Å². The minimum Gasteiger partial charge on any atom is -0.493 e. The number of ether oxygens (including phenoxy) is 1. The molecule has 0 aliphatic rings. The van der Waals surface area contributed by atoms with E-state index in [1.807, 2.05) is 19.2 Å². The van der Waals surface area contributed by atoms with Gasteiger partial charge < -0.3 is 10.1 Å². The van der Waals surface area contributed by atoms with E-state index in [1.54, 1.807) is 0 Å². The van der Waals surface area contributed by atoms with Gasteiger partial charge in [-0.1, -0.05) is 26.0 Å². The van der Waals surface area contributed by atoms with Crippen LogP contribution in [0.4, 0.5) is 0 Å². The van der Waals surface area contributed by atoms with E-state index < -0.39 is 0 Å². The Labute approximate surface area is 86.3 Å². The summed E-state index contributed by atoms with van der Waals surface area (Å²) in [6.45, 7) is 5.99. The van der Waals surface area contributed by atoms with Gasteiger partial charge in [0.25, 0.3) is 0 Å². The molecular weight excluding hydrogens is 174 g/mol. The fourth-order valence-electron chi connectivity index (χ4n) is 1.17. The molecule has 0 spiro atoms. The summed E-state index contributed by atoms with van der Waals surface area (Å²) in [4.78, 5) is 0. The Morgan fingerprint density at radius 1 is 1.21 bits per heavy atom. The summed E-state index contributed by atoms with van der Waals surface area (Å²) in [5.74, 6) is 1.53. The summed E-state index contributed by atoms with van der Waals surface area (Å²) in [5, 5.41) is 3.11. The Morgan fingerprint density at radius 3 is 2.36 bits per heavy atom. The third-order valence-electron chi connectivity index (χ3n) is 1.89. The van der Waals surface area contributed by atoms with Crippen molar-refractivity contribution in [1.82, 2.24) is 5.32 Å². The molecular formula is C12H19NO. The summed E-state index contributed by atoms with van der Waals surface area (Å²) >= 11 is 0. The average Bonchev–Trinajstić information content (AvgIpc) is 2.17. The topological polar surface area (TPSA) is 21.3 Å². The van der Waals surface area contributed by atoms with Crippen LogP contribution in [0.5, 0.6) is 5.75 Å². The van der Waals surface area contributed by atoms with E-state index in [1.165, 1.54) is 5.56 Å². The molecule has 1 aromatic rings. The van der Waals surface area contributed by atoms with Crippen LogP contribution in [0.1, 0.15) is 19.4 Å². The first-order chi connectivity index (χ1) is 6.72. The van der Waals surface area contributed by atoms with Crippen molar-refractivity contribution < 1.29 is 4.74 Å². The highest BCUT2D eigenvalue weighted by Crippen LogP contribution is 2.12. The van der Waals surface area contributed by atoms with Crippen molar-refractivity contribution in [2.45, 2.75) is 20.4 Å². The van der Waals surface area contributed by atoms with Gasteiger partial charge in [-0.2, -0.15) is 0 Å². The summed E-state index contributed by atoms with van der Waals surface area (Å²) in [7, 11) is 1.95. The largest absolute Gasteiger partial charge is 0.493 e. The number of benzene rings is 1. The average molecular weight is 193 g/mol. The molecule has 2 nitrogen and oxygen atoms in total. The molecule has 0 saturated carbocycles. The predicted molar refractivity (Wildman–Crippen MR) is 59.5 cm³/mol. The van der Waals surface area contributed by atoms with E-state index in [4.69, 9.17) is 4.74 Å². The molecule has 0 aliphatic heterocycles. The van der Waals surface area contributed by atoms with Gasteiger partial charge in [-0.05, 0) is 30.7 Å². The van der Waals surface area contributed by atoms with Crippen molar-refractivity contribution >= 4 is 0 Å². The van der Waals surface area contributed by atoms with Gasteiger partial charge in [-0.25, -0.2) is 0 Å². The molecule has 0 aromatic heterocycles. The van der Waals surface area contributed by atoms with Crippen LogP contribution < -0.4 is 10.1 Å². The molecule has 2 heteroatoms. The Bertz CT molecular complexity index is 254. The zero-order valence-electron chi connectivity index (χ0n) is 9.21. The number of nitrogens with one attached hydrogen (secondary N) is 1. The Balaban J connectivity index is 2.46. The maximum Gasteiger partial charge on any atom is 0.119 e. The first kappa shape index (κ1) is 11.1. The van der Waals surface area contributed by atoms with Crippen LogP contribution in [0.3, 0.4) is 0 Å². The Morgan fingerprint density at radius 2 is 1.86 bits per heavy atom. The second kappa shape index (κ2) is 5.66. The first-order valence-corrected chi connectivity index (χ1v) is 5.08. The van der Waals surface area contributed by atoms with Crippen LogP contribution in [0.2, 0.25) is 0 Å². The molecule has 0 saturated heterocycles. The highest BCUT2D eigenvalue weighted by atomic mass is 16.5. The molecule has 1 rings (SSSR count). The fourth-order valence-corrected chi connectivity index (χ4v) is 1.17. The van der Waals surface area contributed by atoms with Crippen LogP contribution in [-0.4, -0.2) is 13.7 Å². The van der Waals surface area contributed by atoms with Crippen molar-refractivity contribution in [2.24, 2.45) is 5.92 Å². The molecule has 0 atom stereocenters. The van der Waals surface area contributed by atoms with Crippen LogP contribution in [-0.2, 0) is 6.54 Å². The normalized spacial score (nSPS) is 10.6. The van der Waals surface area contributed by atoms with Crippen molar-refractivity contribution in [3.8, 4) is 5.75 Å². The van der Waals surface area contributed by atoms with E-state index >= 15 is 0 Å². The lowest BCUT2D eigenvalue weighted by Crippen LogP contribution is -2.06. The summed E-state index contributed by atoms with van der Waals surface area (Å²) in [6.07, 6.45) is 0. The van der Waals surface area contributed by atoms with Crippen molar-refractivity contribution in [3.05, 3.63) is 29.8 Å². The zero-order chi connectivity index (χ0) is 10.4. The third-order valence-corrected chi connectivity index (χ3v) is 1.89. The lowest BCUT2D eigenvalue weighted by atomic mass is 10.2. The highest BCUT2D eigenvalue weighted by molar-refractivity contribution is 5.27. The van der Waals surface area contributed by atoms with E-state index in [2.05, 4.69) is 31.3 Å². The molecule has 1 N–H and O–H groups in total. The maximum atomic E-state index is 5.58. The van der Waals surface area contributed by atoms with Crippen molar-refractivity contribution in [2.75, 3.05) is 13.7 Å². The van der Waals surface area contributed by atoms with Gasteiger partial charge in [0.05, 0.1) is 6.61 Å². The van der Waals surface area contributed by atoms with Gasteiger partial charge in [0.15, 0.2) is 0 Å². The van der Waals surface area contributed by atoms with Crippen LogP contribution >= 0.6 is 0 Å². The number of rotatable bonds is 5. The molecule has 0 amide bonds. The molecule has 1 aromatic carbocycles. The van der Waals surface area contributed by atoms with Crippen LogP contribution in [0, 0.1) is 5.92 Å². The van der Waals surface area contributed by atoms with E-state index in [0.717, 1.165) is 18.9 Å². The molecule has 0 unspecified atom stereocenters. The minimum absolute atomic E-state index is 0.576. The summed E-state index contributed by atoms with van der Waals surface area (Å²) in [6, 6.07) is 8.22. The first-order valence-electron chi connectivity index (χ1n) is 5.08. The Hall–Kier alpha value is -1.02. The van der Waals surface area contributed by atoms with E-state index in [-0.39, 0.29) is 0 Å². The molecule has 14 heavy (non-hydrogen) atoms. The number of hydrogen-bond donors (Lipinski definition) is 1. The Kier molecular flexibility index (Phi) is 4.47. The SMILES string of the molecule is CNCc1ccc(OCC(C)C)cc1. The fraction of sp³-hybridized carbons (Fsp3) is 0.500. The monoisotopic (exact) mass is 193 g/mol. The molecule has 78 valence electrons. The lowest BCUT2D eigenvalue weighted by Gasteiger charge is -2.08. The quantitative estimate of drug-likeness (QED) is 0.775. The molecule has 0 aliphatic carbocycles. The molecule has 0 fully saturated rings. The van der Waals surface area contributed by atoms with Gasteiger partial charge in [-0.15, -0.1) is 0 Å². The molecule has 0 bridgehead atoms. The second-order valence-electron chi connectivity index (χ2n) is 3.88. The van der Waals surface area contributed by atoms with Gasteiger partial charge in [0.2, 0.25) is 0 Å². The molecule has 0 radical (unpaired) electrons. The highest BCUT2D eigenvalue weighted by Gasteiger charge is 1.97. The zero-order valence-corrected chi connectivity index (χ0v) is 9.21. The second-order valence-corrected chi connectivity index (χ2v) is 3.88. The predicted octanol–water partition coefficient (Wildman–Crippen LogP) is 2.44. The van der Waals surface area contributed by atoms with Crippen molar-refractivity contribution in [1.29, 1.82) is 0 Å². The van der Waals surface area contributed by atoms with Crippen LogP contribution in [0.15, 0.2) is 24.3 Å².